The van der Waals surface area contributed by atoms with Crippen LogP contribution in [0.2, 0.25) is 0 Å². The van der Waals surface area contributed by atoms with E-state index in [-0.39, 0.29) is 6.04 Å². The number of ether oxygens (including phenoxy) is 1. The van der Waals surface area contributed by atoms with E-state index >= 15 is 0 Å². The summed E-state index contributed by atoms with van der Waals surface area (Å²) in [6.45, 7) is 0.984. The number of halogens is 1. The topological polar surface area (TPSA) is 41.5 Å². The molecule has 1 aliphatic rings. The van der Waals surface area contributed by atoms with Gasteiger partial charge in [-0.15, -0.1) is 0 Å². The first-order valence-electron chi connectivity index (χ1n) is 5.97. The normalized spacial score (nSPS) is 22.2. The number of hydrogen-bond acceptors (Lipinski definition) is 3. The molecule has 0 amide bonds. The molecule has 0 radical (unpaired) electrons. The molecule has 17 heavy (non-hydrogen) atoms. The third-order valence-electron chi connectivity index (χ3n) is 3.24. The van der Waals surface area contributed by atoms with Gasteiger partial charge in [-0.1, -0.05) is 22.4 Å². The van der Waals surface area contributed by atoms with E-state index in [1.165, 1.54) is 12.8 Å². The maximum atomic E-state index is 10.4. The summed E-state index contributed by atoms with van der Waals surface area (Å²) >= 11 is 3.43. The molecular formula is C13H18BrNO2. The first kappa shape index (κ1) is 12.9. The number of benzene rings is 1. The summed E-state index contributed by atoms with van der Waals surface area (Å²) in [4.78, 5) is 0. The standard InChI is InChI=1S/C13H18BrNO2/c1-17-12-6-5-9(14)8-10(12)13(16)11-4-2-3-7-15-11/h5-6,8,11,13,15-16H,2-4,7H2,1H3. The molecule has 2 rings (SSSR count). The van der Waals surface area contributed by atoms with Crippen LogP contribution in [-0.4, -0.2) is 24.8 Å². The van der Waals surface area contributed by atoms with Gasteiger partial charge in [-0.05, 0) is 37.6 Å². The Morgan fingerprint density at radius 2 is 2.29 bits per heavy atom. The molecule has 2 N–H and O–H groups in total. The van der Waals surface area contributed by atoms with Crippen LogP contribution >= 0.6 is 15.9 Å². The Bertz CT molecular complexity index is 378. The predicted molar refractivity (Wildman–Crippen MR) is 71.3 cm³/mol. The Kier molecular flexibility index (Phi) is 4.42. The Labute approximate surface area is 110 Å². The van der Waals surface area contributed by atoms with E-state index in [4.69, 9.17) is 4.74 Å². The Morgan fingerprint density at radius 3 is 2.94 bits per heavy atom. The van der Waals surface area contributed by atoms with E-state index in [2.05, 4.69) is 21.2 Å². The molecule has 2 unspecified atom stereocenters. The number of methoxy groups -OCH3 is 1. The van der Waals surface area contributed by atoms with Gasteiger partial charge < -0.3 is 15.2 Å². The first-order chi connectivity index (χ1) is 8.22. The van der Waals surface area contributed by atoms with Gasteiger partial charge in [0.2, 0.25) is 0 Å². The number of rotatable bonds is 3. The minimum absolute atomic E-state index is 0.131. The average Bonchev–Trinajstić information content (AvgIpc) is 2.39. The lowest BCUT2D eigenvalue weighted by Crippen LogP contribution is -2.38. The molecule has 94 valence electrons. The number of aliphatic hydroxyl groups is 1. The minimum Gasteiger partial charge on any atom is -0.496 e. The van der Waals surface area contributed by atoms with Crippen LogP contribution in [0.3, 0.4) is 0 Å². The van der Waals surface area contributed by atoms with Crippen molar-refractivity contribution in [3.8, 4) is 5.75 Å². The zero-order chi connectivity index (χ0) is 12.3. The summed E-state index contributed by atoms with van der Waals surface area (Å²) in [5, 5.41) is 13.8. The molecular weight excluding hydrogens is 282 g/mol. The smallest absolute Gasteiger partial charge is 0.124 e. The van der Waals surface area contributed by atoms with Gasteiger partial charge in [0.05, 0.1) is 13.2 Å². The van der Waals surface area contributed by atoms with Crippen LogP contribution in [0, 0.1) is 0 Å². The second-order valence-corrected chi connectivity index (χ2v) is 5.30. The summed E-state index contributed by atoms with van der Waals surface area (Å²) < 4.78 is 6.26. The van der Waals surface area contributed by atoms with E-state index < -0.39 is 6.10 Å². The van der Waals surface area contributed by atoms with Crippen LogP contribution in [0.5, 0.6) is 5.75 Å². The van der Waals surface area contributed by atoms with Gasteiger partial charge in [0.15, 0.2) is 0 Å². The Balaban J connectivity index is 2.21. The molecule has 2 atom stereocenters. The van der Waals surface area contributed by atoms with E-state index in [1.54, 1.807) is 7.11 Å². The van der Waals surface area contributed by atoms with Gasteiger partial charge in [-0.2, -0.15) is 0 Å². The molecule has 0 aliphatic carbocycles. The van der Waals surface area contributed by atoms with Gasteiger partial charge >= 0.3 is 0 Å². The van der Waals surface area contributed by atoms with E-state index in [0.29, 0.717) is 0 Å². The molecule has 1 saturated heterocycles. The van der Waals surface area contributed by atoms with Gasteiger partial charge in [0, 0.05) is 16.1 Å². The highest BCUT2D eigenvalue weighted by Gasteiger charge is 2.25. The molecule has 0 saturated carbocycles. The third-order valence-corrected chi connectivity index (χ3v) is 3.73. The number of aliphatic hydroxyl groups excluding tert-OH is 1. The Hall–Kier alpha value is -0.580. The third kappa shape index (κ3) is 3.00. The summed E-state index contributed by atoms with van der Waals surface area (Å²) in [7, 11) is 1.63. The van der Waals surface area contributed by atoms with Crippen LogP contribution in [0.25, 0.3) is 0 Å². The van der Waals surface area contributed by atoms with E-state index in [1.807, 2.05) is 18.2 Å². The summed E-state index contributed by atoms with van der Waals surface area (Å²) in [6, 6.07) is 5.86. The molecule has 3 nitrogen and oxygen atoms in total. The Morgan fingerprint density at radius 1 is 1.47 bits per heavy atom. The summed E-state index contributed by atoms with van der Waals surface area (Å²) in [5.74, 6) is 0.744. The zero-order valence-electron chi connectivity index (χ0n) is 9.95. The highest BCUT2D eigenvalue weighted by atomic mass is 79.9. The fourth-order valence-corrected chi connectivity index (χ4v) is 2.68. The van der Waals surface area contributed by atoms with Gasteiger partial charge in [-0.3, -0.25) is 0 Å². The van der Waals surface area contributed by atoms with E-state index in [0.717, 1.165) is 28.8 Å². The predicted octanol–water partition coefficient (Wildman–Crippen LogP) is 2.63. The molecule has 0 spiro atoms. The zero-order valence-corrected chi connectivity index (χ0v) is 11.5. The molecule has 1 aromatic rings. The van der Waals surface area contributed by atoms with Gasteiger partial charge in [0.1, 0.15) is 5.75 Å². The quantitative estimate of drug-likeness (QED) is 0.901. The van der Waals surface area contributed by atoms with Crippen molar-refractivity contribution >= 4 is 15.9 Å². The van der Waals surface area contributed by atoms with Crippen molar-refractivity contribution in [2.45, 2.75) is 31.4 Å². The SMILES string of the molecule is COc1ccc(Br)cc1C(O)C1CCCCN1. The van der Waals surface area contributed by atoms with E-state index in [9.17, 15) is 5.11 Å². The largest absolute Gasteiger partial charge is 0.496 e. The second kappa shape index (κ2) is 5.85. The number of piperidine rings is 1. The maximum Gasteiger partial charge on any atom is 0.124 e. The lowest BCUT2D eigenvalue weighted by molar-refractivity contribution is 0.111. The molecule has 4 heteroatoms. The summed E-state index contributed by atoms with van der Waals surface area (Å²) in [6.07, 6.45) is 2.86. The van der Waals surface area contributed by atoms with Crippen molar-refractivity contribution in [1.82, 2.24) is 5.32 Å². The fraction of sp³-hybridized carbons (Fsp3) is 0.538. The molecule has 1 aliphatic heterocycles. The second-order valence-electron chi connectivity index (χ2n) is 4.39. The minimum atomic E-state index is -0.511. The average molecular weight is 300 g/mol. The highest BCUT2D eigenvalue weighted by molar-refractivity contribution is 9.10. The van der Waals surface area contributed by atoms with Crippen molar-refractivity contribution in [3.05, 3.63) is 28.2 Å². The van der Waals surface area contributed by atoms with Crippen LogP contribution in [0.15, 0.2) is 22.7 Å². The van der Waals surface area contributed by atoms with Crippen LogP contribution < -0.4 is 10.1 Å². The van der Waals surface area contributed by atoms with Crippen molar-refractivity contribution in [2.24, 2.45) is 0 Å². The highest BCUT2D eigenvalue weighted by Crippen LogP contribution is 2.32. The fourth-order valence-electron chi connectivity index (χ4n) is 2.30. The lowest BCUT2D eigenvalue weighted by atomic mass is 9.94. The van der Waals surface area contributed by atoms with Crippen LogP contribution in [-0.2, 0) is 0 Å². The maximum absolute atomic E-state index is 10.4. The van der Waals surface area contributed by atoms with Crippen LogP contribution in [0.1, 0.15) is 30.9 Å². The monoisotopic (exact) mass is 299 g/mol. The number of nitrogens with one attached hydrogen (secondary N) is 1. The van der Waals surface area contributed by atoms with Crippen molar-refractivity contribution in [3.63, 3.8) is 0 Å². The molecule has 0 bridgehead atoms. The lowest BCUT2D eigenvalue weighted by Gasteiger charge is -2.29. The first-order valence-corrected chi connectivity index (χ1v) is 6.76. The van der Waals surface area contributed by atoms with Gasteiger partial charge in [0.25, 0.3) is 0 Å². The molecule has 1 aromatic carbocycles. The molecule has 1 fully saturated rings. The van der Waals surface area contributed by atoms with Crippen molar-refractivity contribution < 1.29 is 9.84 Å². The van der Waals surface area contributed by atoms with Crippen LogP contribution in [0.4, 0.5) is 0 Å². The van der Waals surface area contributed by atoms with Crippen molar-refractivity contribution in [1.29, 1.82) is 0 Å². The molecule has 1 heterocycles. The number of hydrogen-bond donors (Lipinski definition) is 2. The van der Waals surface area contributed by atoms with Crippen molar-refractivity contribution in [2.75, 3.05) is 13.7 Å². The van der Waals surface area contributed by atoms with Gasteiger partial charge in [-0.25, -0.2) is 0 Å². The molecule has 0 aromatic heterocycles. The summed E-state index contributed by atoms with van der Waals surface area (Å²) in [5.41, 5.74) is 0.848.